The van der Waals surface area contributed by atoms with Crippen LogP contribution in [0.4, 0.5) is 5.00 Å². The van der Waals surface area contributed by atoms with Crippen LogP contribution < -0.4 is 15.5 Å². The SMILES string of the molecule is Cc1cccc(C(=O)Oc2ccc3ccccc3c2/C=N\NC(=O)C(=O)Nc2sc3c(c2C#N)CCCC3)c1. The molecule has 8 nitrogen and oxygen atoms in total. The van der Waals surface area contributed by atoms with Crippen LogP contribution in [0.1, 0.15) is 50.3 Å². The van der Waals surface area contributed by atoms with Crippen molar-refractivity contribution >= 4 is 51.1 Å². The molecular formula is C30H24N4O4S. The minimum atomic E-state index is -0.986. The number of esters is 1. The Hall–Kier alpha value is -4.81. The van der Waals surface area contributed by atoms with E-state index in [-0.39, 0.29) is 5.75 Å². The topological polar surface area (TPSA) is 121 Å². The highest BCUT2D eigenvalue weighted by Gasteiger charge is 2.23. The number of carbonyl (C=O) groups is 3. The highest BCUT2D eigenvalue weighted by molar-refractivity contribution is 7.16. The number of amides is 2. The number of carbonyl (C=O) groups excluding carboxylic acids is 3. The molecule has 0 unspecified atom stereocenters. The molecule has 0 atom stereocenters. The Balaban J connectivity index is 1.34. The molecule has 5 rings (SSSR count). The number of aryl methyl sites for hydroxylation is 2. The molecule has 2 N–H and O–H groups in total. The zero-order valence-electron chi connectivity index (χ0n) is 21.1. The number of nitriles is 1. The first-order chi connectivity index (χ1) is 18.9. The number of rotatable bonds is 5. The lowest BCUT2D eigenvalue weighted by molar-refractivity contribution is -0.136. The van der Waals surface area contributed by atoms with E-state index < -0.39 is 17.8 Å². The van der Waals surface area contributed by atoms with Crippen molar-refractivity contribution in [3.8, 4) is 11.8 Å². The second-order valence-corrected chi connectivity index (χ2v) is 10.2. The van der Waals surface area contributed by atoms with Gasteiger partial charge in [-0.1, -0.05) is 48.0 Å². The zero-order valence-corrected chi connectivity index (χ0v) is 21.9. The maximum atomic E-state index is 12.8. The van der Waals surface area contributed by atoms with Gasteiger partial charge >= 0.3 is 17.8 Å². The average Bonchev–Trinajstić information content (AvgIpc) is 3.30. The van der Waals surface area contributed by atoms with Gasteiger partial charge in [0.25, 0.3) is 0 Å². The van der Waals surface area contributed by atoms with Crippen LogP contribution in [0.3, 0.4) is 0 Å². The summed E-state index contributed by atoms with van der Waals surface area (Å²) in [6, 6.07) is 20.2. The van der Waals surface area contributed by atoms with Crippen molar-refractivity contribution in [1.82, 2.24) is 5.43 Å². The van der Waals surface area contributed by atoms with E-state index in [1.807, 2.05) is 43.3 Å². The number of benzene rings is 3. The Bertz CT molecular complexity index is 1680. The van der Waals surface area contributed by atoms with Crippen LogP contribution in [0.25, 0.3) is 10.8 Å². The highest BCUT2D eigenvalue weighted by Crippen LogP contribution is 2.37. The van der Waals surface area contributed by atoms with Gasteiger partial charge in [0, 0.05) is 10.4 Å². The standard InChI is InChI=1S/C30H24N4O4S/c1-18-7-6-9-20(15-18)30(37)38-25-14-13-19-8-2-3-10-21(19)24(25)17-32-34-28(36)27(35)33-29-23(16-31)22-11-4-5-12-26(22)39-29/h2-3,6-10,13-15,17H,4-5,11-12H2,1H3,(H,33,35)(H,34,36)/b32-17-. The molecule has 1 aliphatic rings. The molecule has 0 fully saturated rings. The van der Waals surface area contributed by atoms with Crippen molar-refractivity contribution in [3.05, 3.63) is 93.4 Å². The summed E-state index contributed by atoms with van der Waals surface area (Å²) in [5, 5.41) is 18.1. The van der Waals surface area contributed by atoms with Crippen molar-refractivity contribution in [3.63, 3.8) is 0 Å². The summed E-state index contributed by atoms with van der Waals surface area (Å²) in [7, 11) is 0. The second-order valence-electron chi connectivity index (χ2n) is 9.14. The summed E-state index contributed by atoms with van der Waals surface area (Å²) >= 11 is 1.34. The molecule has 0 bridgehead atoms. The van der Waals surface area contributed by atoms with Gasteiger partial charge in [0.1, 0.15) is 16.8 Å². The first-order valence-electron chi connectivity index (χ1n) is 12.4. The first kappa shape index (κ1) is 25.8. The lowest BCUT2D eigenvalue weighted by Gasteiger charge is -2.11. The van der Waals surface area contributed by atoms with E-state index >= 15 is 0 Å². The van der Waals surface area contributed by atoms with Crippen molar-refractivity contribution < 1.29 is 19.1 Å². The lowest BCUT2D eigenvalue weighted by Crippen LogP contribution is -2.32. The molecule has 0 saturated carbocycles. The van der Waals surface area contributed by atoms with Crippen LogP contribution in [-0.2, 0) is 22.4 Å². The summed E-state index contributed by atoms with van der Waals surface area (Å²) in [5.41, 5.74) is 5.42. The quantitative estimate of drug-likeness (QED) is 0.118. The highest BCUT2D eigenvalue weighted by atomic mass is 32.1. The maximum absolute atomic E-state index is 12.8. The number of nitrogens with one attached hydrogen (secondary N) is 2. The summed E-state index contributed by atoms with van der Waals surface area (Å²) in [6.07, 6.45) is 5.04. The van der Waals surface area contributed by atoms with Crippen molar-refractivity contribution in [1.29, 1.82) is 5.26 Å². The molecule has 0 aliphatic heterocycles. The number of hydrogen-bond donors (Lipinski definition) is 2. The Kier molecular flexibility index (Phi) is 7.48. The third kappa shape index (κ3) is 5.56. The fourth-order valence-corrected chi connectivity index (χ4v) is 5.80. The largest absolute Gasteiger partial charge is 0.422 e. The van der Waals surface area contributed by atoms with Crippen LogP contribution in [0.5, 0.6) is 5.75 Å². The molecule has 3 aromatic carbocycles. The van der Waals surface area contributed by atoms with Crippen molar-refractivity contribution in [2.45, 2.75) is 32.6 Å². The minimum absolute atomic E-state index is 0.255. The Morgan fingerprint density at radius 2 is 1.85 bits per heavy atom. The molecule has 1 aromatic heterocycles. The maximum Gasteiger partial charge on any atom is 0.343 e. The fourth-order valence-electron chi connectivity index (χ4n) is 4.57. The van der Waals surface area contributed by atoms with E-state index in [2.05, 4.69) is 21.9 Å². The van der Waals surface area contributed by atoms with Gasteiger partial charge in [0.05, 0.1) is 17.3 Å². The van der Waals surface area contributed by atoms with Gasteiger partial charge in [0.15, 0.2) is 0 Å². The molecule has 0 saturated heterocycles. The van der Waals surface area contributed by atoms with Gasteiger partial charge in [-0.05, 0) is 67.1 Å². The van der Waals surface area contributed by atoms with Crippen LogP contribution in [0.2, 0.25) is 0 Å². The molecule has 2 amide bonds. The minimum Gasteiger partial charge on any atom is -0.422 e. The van der Waals surface area contributed by atoms with Crippen LogP contribution in [0, 0.1) is 18.3 Å². The molecule has 9 heteroatoms. The Morgan fingerprint density at radius 3 is 2.67 bits per heavy atom. The van der Waals surface area contributed by atoms with Gasteiger partial charge in [-0.2, -0.15) is 10.4 Å². The number of fused-ring (bicyclic) bond motifs is 2. The first-order valence-corrected chi connectivity index (χ1v) is 13.3. The third-order valence-electron chi connectivity index (χ3n) is 6.46. The third-order valence-corrected chi connectivity index (χ3v) is 7.67. The molecular weight excluding hydrogens is 512 g/mol. The second kappa shape index (κ2) is 11.3. The summed E-state index contributed by atoms with van der Waals surface area (Å²) in [5.74, 6) is -2.18. The summed E-state index contributed by atoms with van der Waals surface area (Å²) in [4.78, 5) is 39.0. The number of thiophene rings is 1. The number of hydrazone groups is 1. The van der Waals surface area contributed by atoms with E-state index in [0.717, 1.165) is 52.5 Å². The molecule has 0 spiro atoms. The molecule has 0 radical (unpaired) electrons. The van der Waals surface area contributed by atoms with Gasteiger partial charge < -0.3 is 10.1 Å². The number of nitrogens with zero attached hydrogens (tertiary/aromatic N) is 2. The van der Waals surface area contributed by atoms with Crippen LogP contribution >= 0.6 is 11.3 Å². The molecule has 1 heterocycles. The predicted octanol–water partition coefficient (Wildman–Crippen LogP) is 5.27. The van der Waals surface area contributed by atoms with E-state index in [4.69, 9.17) is 4.74 Å². The van der Waals surface area contributed by atoms with Crippen molar-refractivity contribution in [2.75, 3.05) is 5.32 Å². The molecule has 39 heavy (non-hydrogen) atoms. The molecule has 1 aliphatic carbocycles. The fraction of sp³-hybridized carbons (Fsp3) is 0.167. The number of ether oxygens (including phenoxy) is 1. The van der Waals surface area contributed by atoms with Gasteiger partial charge in [-0.3, -0.25) is 9.59 Å². The predicted molar refractivity (Wildman–Crippen MR) is 150 cm³/mol. The van der Waals surface area contributed by atoms with Gasteiger partial charge in [0.2, 0.25) is 0 Å². The van der Waals surface area contributed by atoms with E-state index in [9.17, 15) is 19.6 Å². The average molecular weight is 537 g/mol. The van der Waals surface area contributed by atoms with E-state index in [1.54, 1.807) is 24.3 Å². The summed E-state index contributed by atoms with van der Waals surface area (Å²) < 4.78 is 5.69. The normalized spacial score (nSPS) is 12.5. The van der Waals surface area contributed by atoms with Crippen LogP contribution in [0.15, 0.2) is 65.8 Å². The van der Waals surface area contributed by atoms with E-state index in [1.165, 1.54) is 17.6 Å². The Labute approximate surface area is 228 Å². The molecule has 4 aromatic rings. The number of anilines is 1. The van der Waals surface area contributed by atoms with E-state index in [0.29, 0.717) is 21.7 Å². The lowest BCUT2D eigenvalue weighted by atomic mass is 9.96. The van der Waals surface area contributed by atoms with Gasteiger partial charge in [-0.15, -0.1) is 11.3 Å². The van der Waals surface area contributed by atoms with Gasteiger partial charge in [-0.25, -0.2) is 10.2 Å². The summed E-state index contributed by atoms with van der Waals surface area (Å²) in [6.45, 7) is 1.89. The number of hydrogen-bond acceptors (Lipinski definition) is 7. The van der Waals surface area contributed by atoms with Crippen molar-refractivity contribution in [2.24, 2.45) is 5.10 Å². The molecule has 194 valence electrons. The zero-order chi connectivity index (χ0) is 27.4. The smallest absolute Gasteiger partial charge is 0.343 e. The van der Waals surface area contributed by atoms with Crippen LogP contribution in [-0.4, -0.2) is 24.0 Å². The Morgan fingerprint density at radius 1 is 1.03 bits per heavy atom. The monoisotopic (exact) mass is 536 g/mol.